The van der Waals surface area contributed by atoms with Crippen molar-refractivity contribution in [2.75, 3.05) is 0 Å². The van der Waals surface area contributed by atoms with E-state index in [1.165, 1.54) is 103 Å². The maximum absolute atomic E-state index is 2.45. The molecule has 0 radical (unpaired) electrons. The van der Waals surface area contributed by atoms with Crippen molar-refractivity contribution < 1.29 is 0 Å². The van der Waals surface area contributed by atoms with Gasteiger partial charge in [0.15, 0.2) is 0 Å². The van der Waals surface area contributed by atoms with Crippen LogP contribution in [-0.4, -0.2) is 0 Å². The van der Waals surface area contributed by atoms with Crippen LogP contribution in [0.15, 0.2) is 60.7 Å². The van der Waals surface area contributed by atoms with Gasteiger partial charge in [-0.25, -0.2) is 0 Å². The fraction of sp³-hybridized carbons (Fsp3) is 0.143. The van der Waals surface area contributed by atoms with Gasteiger partial charge in [-0.3, -0.25) is 0 Å². The number of hydrogen-bond donors (Lipinski definition) is 0. The third-order valence-electron chi connectivity index (χ3n) is 8.65. The van der Waals surface area contributed by atoms with Crippen molar-refractivity contribution in [2.45, 2.75) is 34.6 Å². The minimum absolute atomic E-state index is 1.33. The summed E-state index contributed by atoms with van der Waals surface area (Å²) in [6.07, 6.45) is 2.43. The molecule has 7 aromatic rings. The van der Waals surface area contributed by atoms with Crippen molar-refractivity contribution in [1.29, 1.82) is 0 Å². The molecule has 0 aliphatic heterocycles. The molecule has 0 saturated heterocycles. The van der Waals surface area contributed by atoms with E-state index < -0.39 is 0 Å². The van der Waals surface area contributed by atoms with E-state index in [1.807, 2.05) is 0 Å². The van der Waals surface area contributed by atoms with Crippen LogP contribution in [0.5, 0.6) is 0 Å². The van der Waals surface area contributed by atoms with E-state index in [0.717, 1.165) is 0 Å². The van der Waals surface area contributed by atoms with Crippen molar-refractivity contribution in [2.24, 2.45) is 0 Å². The standard InChI is InChI=1S/C35H26/c1-17-12-20(4)27-16-30-24-11-10-23-28-15-26-18(2)6-7-19(3)31(26)29(28)14-22-8-9-25(34(24)33(22)23)35(30)32(27)21(5)13-17/h6-16H,1-5H3. The lowest BCUT2D eigenvalue weighted by Crippen LogP contribution is -2.06. The zero-order valence-corrected chi connectivity index (χ0v) is 20.9. The second-order valence-electron chi connectivity index (χ2n) is 10.8. The Bertz CT molecular complexity index is 2240. The summed E-state index contributed by atoms with van der Waals surface area (Å²) in [5.41, 5.74) is 8.16. The second kappa shape index (κ2) is 6.20. The van der Waals surface area contributed by atoms with E-state index in [-0.39, 0.29) is 0 Å². The van der Waals surface area contributed by atoms with Crippen molar-refractivity contribution in [3.8, 4) is 0 Å². The first-order valence-corrected chi connectivity index (χ1v) is 12.6. The first-order valence-electron chi connectivity index (χ1n) is 12.6. The summed E-state index contributed by atoms with van der Waals surface area (Å²) in [7, 11) is 0. The summed E-state index contributed by atoms with van der Waals surface area (Å²) >= 11 is 0. The number of aryl methyl sites for hydroxylation is 5. The molecule has 166 valence electrons. The van der Waals surface area contributed by atoms with Gasteiger partial charge in [0.1, 0.15) is 0 Å². The molecule has 0 atom stereocenters. The number of fused-ring (bicyclic) bond motifs is 8. The lowest BCUT2D eigenvalue weighted by molar-refractivity contribution is 1.30. The molecule has 1 aliphatic rings. The summed E-state index contributed by atoms with van der Waals surface area (Å²) in [6.45, 7) is 11.2. The molecule has 0 N–H and O–H groups in total. The van der Waals surface area contributed by atoms with Crippen LogP contribution in [-0.2, 0) is 0 Å². The first-order chi connectivity index (χ1) is 16.9. The smallest absolute Gasteiger partial charge is 0.00139 e. The van der Waals surface area contributed by atoms with Gasteiger partial charge in [0.25, 0.3) is 0 Å². The molecular formula is C35H26. The van der Waals surface area contributed by atoms with E-state index >= 15 is 0 Å². The molecule has 0 nitrogen and oxygen atoms in total. The van der Waals surface area contributed by atoms with Gasteiger partial charge in [0, 0.05) is 0 Å². The van der Waals surface area contributed by atoms with Gasteiger partial charge in [-0.15, -0.1) is 0 Å². The van der Waals surface area contributed by atoms with Gasteiger partial charge >= 0.3 is 0 Å². The Kier molecular flexibility index (Phi) is 3.44. The molecular weight excluding hydrogens is 420 g/mol. The van der Waals surface area contributed by atoms with Crippen molar-refractivity contribution >= 4 is 59.9 Å². The summed E-state index contributed by atoms with van der Waals surface area (Å²) in [6, 6.07) is 23.6. The van der Waals surface area contributed by atoms with Crippen LogP contribution in [0.1, 0.15) is 33.4 Å². The quantitative estimate of drug-likeness (QED) is 0.219. The van der Waals surface area contributed by atoms with Crippen LogP contribution in [0.25, 0.3) is 59.9 Å². The van der Waals surface area contributed by atoms with Crippen LogP contribution in [0.3, 0.4) is 0 Å². The Balaban J connectivity index is 1.64. The van der Waals surface area contributed by atoms with E-state index in [2.05, 4.69) is 101 Å². The Morgan fingerprint density at radius 3 is 2.03 bits per heavy atom. The van der Waals surface area contributed by atoms with Gasteiger partial charge in [0.2, 0.25) is 0 Å². The Morgan fingerprint density at radius 1 is 0.457 bits per heavy atom. The van der Waals surface area contributed by atoms with Crippen LogP contribution in [0, 0.1) is 45.1 Å². The van der Waals surface area contributed by atoms with E-state index in [9.17, 15) is 0 Å². The molecule has 0 unspecified atom stereocenters. The molecule has 0 heterocycles. The Hall–Kier alpha value is -3.90. The van der Waals surface area contributed by atoms with Crippen molar-refractivity contribution in [3.63, 3.8) is 0 Å². The predicted molar refractivity (Wildman–Crippen MR) is 152 cm³/mol. The maximum Gasteiger partial charge on any atom is -0.00139 e. The SMILES string of the molecule is Cc1cc(C)c2cc3c4ccc5c6c(cc7ccc(c3c2c(C)c1)c4c75)=c1c(C)ccc(C)c1=C6. The van der Waals surface area contributed by atoms with Gasteiger partial charge in [0.05, 0.1) is 0 Å². The molecule has 8 rings (SSSR count). The largest absolute Gasteiger partial charge is 0.0584 e. The minimum atomic E-state index is 1.33. The number of rotatable bonds is 0. The average Bonchev–Trinajstić information content (AvgIpc) is 3.48. The number of benzene rings is 4. The minimum Gasteiger partial charge on any atom is -0.0584 e. The highest BCUT2D eigenvalue weighted by molar-refractivity contribution is 6.41. The highest BCUT2D eigenvalue weighted by atomic mass is 14.2. The molecule has 35 heavy (non-hydrogen) atoms. The van der Waals surface area contributed by atoms with Gasteiger partial charge in [-0.1, -0.05) is 54.1 Å². The van der Waals surface area contributed by atoms with Crippen LogP contribution < -0.4 is 5.22 Å². The van der Waals surface area contributed by atoms with E-state index in [1.54, 1.807) is 0 Å². The van der Waals surface area contributed by atoms with Crippen molar-refractivity contribution in [3.05, 3.63) is 110 Å². The van der Waals surface area contributed by atoms with Gasteiger partial charge < -0.3 is 0 Å². The Labute approximate surface area is 204 Å². The molecule has 0 aromatic heterocycles. The van der Waals surface area contributed by atoms with Gasteiger partial charge in [-0.05, 0) is 150 Å². The molecule has 0 heteroatoms. The summed E-state index contributed by atoms with van der Waals surface area (Å²) in [4.78, 5) is 0. The maximum atomic E-state index is 2.45. The highest BCUT2D eigenvalue weighted by Crippen LogP contribution is 2.47. The van der Waals surface area contributed by atoms with E-state index in [0.29, 0.717) is 0 Å². The Morgan fingerprint density at radius 2 is 1.17 bits per heavy atom. The van der Waals surface area contributed by atoms with Gasteiger partial charge in [-0.2, -0.15) is 0 Å². The van der Waals surface area contributed by atoms with Crippen LogP contribution >= 0.6 is 0 Å². The highest BCUT2D eigenvalue weighted by Gasteiger charge is 2.21. The second-order valence-corrected chi connectivity index (χ2v) is 10.8. The molecule has 0 spiro atoms. The third kappa shape index (κ3) is 2.24. The lowest BCUT2D eigenvalue weighted by Gasteiger charge is -2.10. The fourth-order valence-corrected chi connectivity index (χ4v) is 7.21. The summed E-state index contributed by atoms with van der Waals surface area (Å²) < 4.78 is 0. The average molecular weight is 447 g/mol. The third-order valence-corrected chi connectivity index (χ3v) is 8.65. The fourth-order valence-electron chi connectivity index (χ4n) is 7.21. The topological polar surface area (TPSA) is 0 Å². The molecule has 0 bridgehead atoms. The summed E-state index contributed by atoms with van der Waals surface area (Å²) in [5.74, 6) is 0. The molecule has 1 aliphatic carbocycles. The molecule has 7 aromatic carbocycles. The van der Waals surface area contributed by atoms with Crippen molar-refractivity contribution in [1.82, 2.24) is 0 Å². The first kappa shape index (κ1) is 19.4. The molecule has 0 amide bonds. The zero-order valence-electron chi connectivity index (χ0n) is 20.9. The summed E-state index contributed by atoms with van der Waals surface area (Å²) in [5, 5.41) is 18.2. The van der Waals surface area contributed by atoms with Crippen LogP contribution in [0.2, 0.25) is 0 Å². The lowest BCUT2D eigenvalue weighted by atomic mass is 9.93. The molecule has 0 fully saturated rings. The normalized spacial score (nSPS) is 12.9. The predicted octanol–water partition coefficient (Wildman–Crippen LogP) is 8.58. The zero-order chi connectivity index (χ0) is 23.7. The monoisotopic (exact) mass is 446 g/mol. The molecule has 0 saturated carbocycles. The number of hydrogen-bond acceptors (Lipinski definition) is 0. The van der Waals surface area contributed by atoms with E-state index in [4.69, 9.17) is 0 Å². The van der Waals surface area contributed by atoms with Crippen LogP contribution in [0.4, 0.5) is 0 Å².